The maximum absolute atomic E-state index is 12.2. The van der Waals surface area contributed by atoms with Crippen molar-refractivity contribution in [2.24, 2.45) is 0 Å². The van der Waals surface area contributed by atoms with Crippen molar-refractivity contribution in [1.29, 1.82) is 10.5 Å². The van der Waals surface area contributed by atoms with E-state index in [1.807, 2.05) is 0 Å². The van der Waals surface area contributed by atoms with E-state index in [0.717, 1.165) is 0 Å². The van der Waals surface area contributed by atoms with E-state index in [4.69, 9.17) is 15.3 Å². The molecule has 0 bridgehead atoms. The second kappa shape index (κ2) is 7.59. The predicted molar refractivity (Wildman–Crippen MR) is 67.2 cm³/mol. The number of ether oxygens (including phenoxy) is 2. The lowest BCUT2D eigenvalue weighted by Gasteiger charge is -2.12. The summed E-state index contributed by atoms with van der Waals surface area (Å²) in [5, 5.41) is 19.9. The zero-order valence-electron chi connectivity index (χ0n) is 10.6. The number of halogens is 2. The molecule has 5 nitrogen and oxygen atoms in total. The molecular formula is C13H11F2N3O2. The van der Waals surface area contributed by atoms with Crippen LogP contribution in [0.3, 0.4) is 0 Å². The van der Waals surface area contributed by atoms with Crippen LogP contribution in [0.1, 0.15) is 6.92 Å². The second-order valence-corrected chi connectivity index (χ2v) is 3.40. The van der Waals surface area contributed by atoms with E-state index in [1.54, 1.807) is 19.1 Å². The molecule has 104 valence electrons. The van der Waals surface area contributed by atoms with E-state index in [2.05, 4.69) is 10.1 Å². The van der Waals surface area contributed by atoms with Crippen LogP contribution >= 0.6 is 0 Å². The molecule has 0 aliphatic rings. The highest BCUT2D eigenvalue weighted by Crippen LogP contribution is 2.31. The first-order valence-corrected chi connectivity index (χ1v) is 5.59. The first kappa shape index (κ1) is 15.3. The lowest BCUT2D eigenvalue weighted by Crippen LogP contribution is -2.05. The molecule has 1 rings (SSSR count). The highest BCUT2D eigenvalue weighted by Gasteiger charge is 2.11. The minimum Gasteiger partial charge on any atom is -0.490 e. The van der Waals surface area contributed by atoms with Crippen LogP contribution in [0.15, 0.2) is 30.0 Å². The number of hydrogen-bond donors (Lipinski definition) is 1. The van der Waals surface area contributed by atoms with Gasteiger partial charge in [-0.15, -0.1) is 0 Å². The summed E-state index contributed by atoms with van der Waals surface area (Å²) in [5.41, 5.74) is 0.355. The van der Waals surface area contributed by atoms with Crippen molar-refractivity contribution in [2.75, 3.05) is 11.9 Å². The Labute approximate surface area is 114 Å². The van der Waals surface area contributed by atoms with Crippen LogP contribution < -0.4 is 14.8 Å². The van der Waals surface area contributed by atoms with E-state index in [9.17, 15) is 8.78 Å². The van der Waals surface area contributed by atoms with Gasteiger partial charge in [0.15, 0.2) is 11.5 Å². The Morgan fingerprint density at radius 1 is 1.35 bits per heavy atom. The summed E-state index contributed by atoms with van der Waals surface area (Å²) in [5.74, 6) is 0.0545. The summed E-state index contributed by atoms with van der Waals surface area (Å²) in [6.45, 7) is -0.965. The third kappa shape index (κ3) is 4.46. The fraction of sp³-hybridized carbons (Fsp3) is 0.231. The predicted octanol–water partition coefficient (Wildman–Crippen LogP) is 3.03. The van der Waals surface area contributed by atoms with E-state index in [0.29, 0.717) is 5.69 Å². The molecule has 7 heteroatoms. The van der Waals surface area contributed by atoms with Crippen molar-refractivity contribution in [3.63, 3.8) is 0 Å². The zero-order valence-corrected chi connectivity index (χ0v) is 10.6. The third-order valence-electron chi connectivity index (χ3n) is 2.08. The number of alkyl halides is 2. The van der Waals surface area contributed by atoms with Crippen molar-refractivity contribution < 1.29 is 18.3 Å². The quantitative estimate of drug-likeness (QED) is 0.810. The molecule has 0 amide bonds. The smallest absolute Gasteiger partial charge is 0.387 e. The van der Waals surface area contributed by atoms with Gasteiger partial charge in [0.25, 0.3) is 0 Å². The van der Waals surface area contributed by atoms with Crippen LogP contribution in [0.4, 0.5) is 14.5 Å². The SMILES string of the molecule is CCOc1cc(NC=C(C#N)C#N)ccc1OC(F)F. The Hall–Kier alpha value is -2.80. The molecule has 0 atom stereocenters. The summed E-state index contributed by atoms with van der Waals surface area (Å²) in [6, 6.07) is 7.57. The van der Waals surface area contributed by atoms with Crippen LogP contribution in [0.25, 0.3) is 0 Å². The Morgan fingerprint density at radius 3 is 2.60 bits per heavy atom. The zero-order chi connectivity index (χ0) is 15.0. The lowest BCUT2D eigenvalue weighted by molar-refractivity contribution is -0.0514. The van der Waals surface area contributed by atoms with Crippen LogP contribution in [-0.2, 0) is 0 Å². The normalized spacial score (nSPS) is 9.30. The molecule has 0 aliphatic heterocycles. The molecule has 1 N–H and O–H groups in total. The van der Waals surface area contributed by atoms with Gasteiger partial charge in [-0.05, 0) is 19.1 Å². The van der Waals surface area contributed by atoms with Crippen LogP contribution in [0.2, 0.25) is 0 Å². The standard InChI is InChI=1S/C13H11F2N3O2/c1-2-19-12-5-10(18-8-9(6-16)7-17)3-4-11(12)20-13(14)15/h3-5,8,13,18H,2H2,1H3. The van der Waals surface area contributed by atoms with Gasteiger partial charge in [-0.25, -0.2) is 0 Å². The van der Waals surface area contributed by atoms with Gasteiger partial charge in [0, 0.05) is 18.0 Å². The number of nitriles is 2. The minimum atomic E-state index is -2.95. The van der Waals surface area contributed by atoms with E-state index in [1.165, 1.54) is 24.4 Å². The third-order valence-corrected chi connectivity index (χ3v) is 2.08. The number of benzene rings is 1. The molecule has 20 heavy (non-hydrogen) atoms. The maximum atomic E-state index is 12.2. The van der Waals surface area contributed by atoms with Gasteiger partial charge < -0.3 is 14.8 Å². The van der Waals surface area contributed by atoms with Gasteiger partial charge in [0.05, 0.1) is 6.61 Å². The topological polar surface area (TPSA) is 78.1 Å². The molecule has 0 spiro atoms. The van der Waals surface area contributed by atoms with Crippen LogP contribution in [-0.4, -0.2) is 13.2 Å². The summed E-state index contributed by atoms with van der Waals surface area (Å²) < 4.78 is 33.9. The number of allylic oxidation sites excluding steroid dienone is 1. The average molecular weight is 279 g/mol. The number of hydrogen-bond acceptors (Lipinski definition) is 5. The fourth-order valence-electron chi connectivity index (χ4n) is 1.30. The van der Waals surface area contributed by atoms with E-state index >= 15 is 0 Å². The van der Waals surface area contributed by atoms with E-state index in [-0.39, 0.29) is 23.7 Å². The van der Waals surface area contributed by atoms with Crippen molar-refractivity contribution in [2.45, 2.75) is 13.5 Å². The van der Waals surface area contributed by atoms with Gasteiger partial charge >= 0.3 is 6.61 Å². The van der Waals surface area contributed by atoms with E-state index < -0.39 is 6.61 Å². The van der Waals surface area contributed by atoms with Gasteiger partial charge in [-0.1, -0.05) is 0 Å². The maximum Gasteiger partial charge on any atom is 0.387 e. The summed E-state index contributed by atoms with van der Waals surface area (Å²) in [6.07, 6.45) is 1.21. The largest absolute Gasteiger partial charge is 0.490 e. The summed E-state index contributed by atoms with van der Waals surface area (Å²) in [4.78, 5) is 0. The number of nitrogens with one attached hydrogen (secondary N) is 1. The molecule has 0 heterocycles. The molecule has 0 aliphatic carbocycles. The number of anilines is 1. The molecule has 0 fully saturated rings. The molecule has 1 aromatic carbocycles. The monoisotopic (exact) mass is 279 g/mol. The average Bonchev–Trinajstić information content (AvgIpc) is 2.42. The molecule has 0 unspecified atom stereocenters. The van der Waals surface area contributed by atoms with Gasteiger partial charge in [0.2, 0.25) is 0 Å². The van der Waals surface area contributed by atoms with Crippen molar-refractivity contribution >= 4 is 5.69 Å². The van der Waals surface area contributed by atoms with Crippen LogP contribution in [0.5, 0.6) is 11.5 Å². The Morgan fingerprint density at radius 2 is 2.05 bits per heavy atom. The fourth-order valence-corrected chi connectivity index (χ4v) is 1.30. The van der Waals surface area contributed by atoms with Crippen molar-refractivity contribution in [1.82, 2.24) is 0 Å². The first-order chi connectivity index (χ1) is 9.60. The summed E-state index contributed by atoms with van der Waals surface area (Å²) >= 11 is 0. The highest BCUT2D eigenvalue weighted by molar-refractivity contribution is 5.57. The Kier molecular flexibility index (Phi) is 5.79. The molecule has 0 aromatic heterocycles. The van der Waals surface area contributed by atoms with Crippen LogP contribution in [0, 0.1) is 22.7 Å². The minimum absolute atomic E-state index is 0.0860. The summed E-state index contributed by atoms with van der Waals surface area (Å²) in [7, 11) is 0. The molecular weight excluding hydrogens is 268 g/mol. The molecule has 1 aromatic rings. The van der Waals surface area contributed by atoms with Gasteiger partial charge in [-0.3, -0.25) is 0 Å². The van der Waals surface area contributed by atoms with Gasteiger partial charge in [0.1, 0.15) is 17.7 Å². The molecule has 0 radical (unpaired) electrons. The van der Waals surface area contributed by atoms with Crippen molar-refractivity contribution in [3.05, 3.63) is 30.0 Å². The Balaban J connectivity index is 2.96. The number of rotatable bonds is 6. The second-order valence-electron chi connectivity index (χ2n) is 3.40. The molecule has 0 saturated heterocycles. The van der Waals surface area contributed by atoms with Gasteiger partial charge in [-0.2, -0.15) is 19.3 Å². The number of nitrogens with zero attached hydrogens (tertiary/aromatic N) is 2. The lowest BCUT2D eigenvalue weighted by atomic mass is 10.2. The van der Waals surface area contributed by atoms with Crippen molar-refractivity contribution in [3.8, 4) is 23.6 Å². The Bertz CT molecular complexity index is 558. The first-order valence-electron chi connectivity index (χ1n) is 5.59. The highest BCUT2D eigenvalue weighted by atomic mass is 19.3. The molecule has 0 saturated carbocycles.